The number of fused-ring (bicyclic) bond motifs is 2. The zero-order chi connectivity index (χ0) is 15.5. The van der Waals surface area contributed by atoms with Crippen LogP contribution in [0.15, 0.2) is 24.3 Å². The van der Waals surface area contributed by atoms with E-state index in [1.807, 2.05) is 24.3 Å². The number of amides is 1. The predicted octanol–water partition coefficient (Wildman–Crippen LogP) is 3.01. The van der Waals surface area contributed by atoms with Crippen molar-refractivity contribution < 1.29 is 14.3 Å². The Labute approximate surface area is 132 Å². The van der Waals surface area contributed by atoms with Gasteiger partial charge in [-0.05, 0) is 56.1 Å². The van der Waals surface area contributed by atoms with Crippen molar-refractivity contribution in [3.63, 3.8) is 0 Å². The summed E-state index contributed by atoms with van der Waals surface area (Å²) in [6, 6.07) is 7.62. The van der Waals surface area contributed by atoms with E-state index in [9.17, 15) is 4.79 Å². The molecule has 1 aromatic rings. The highest BCUT2D eigenvalue weighted by Gasteiger charge is 2.42. The van der Waals surface area contributed by atoms with Crippen LogP contribution >= 0.6 is 0 Å². The first-order chi connectivity index (χ1) is 10.7. The van der Waals surface area contributed by atoms with E-state index in [2.05, 4.69) is 12.2 Å². The fourth-order valence-electron chi connectivity index (χ4n) is 4.19. The fraction of sp³-hybridized carbons (Fsp3) is 0.611. The van der Waals surface area contributed by atoms with Crippen molar-refractivity contribution >= 4 is 5.91 Å². The maximum atomic E-state index is 12.1. The van der Waals surface area contributed by atoms with E-state index in [1.165, 1.54) is 25.7 Å². The third-order valence-electron chi connectivity index (χ3n) is 5.25. The quantitative estimate of drug-likeness (QED) is 0.879. The lowest BCUT2D eigenvalue weighted by molar-refractivity contribution is -0.124. The number of carbonyl (C=O) groups is 1. The van der Waals surface area contributed by atoms with Crippen molar-refractivity contribution in [2.75, 3.05) is 13.7 Å². The molecule has 0 aromatic heterocycles. The van der Waals surface area contributed by atoms with E-state index >= 15 is 0 Å². The molecular weight excluding hydrogens is 278 g/mol. The SMILES string of the molecule is COc1ccccc1OCC(=O)N[C@H](C)[C@@H]1C[C@H]2CC[C@H]1C2. The molecule has 0 aliphatic heterocycles. The Morgan fingerprint density at radius 2 is 2.05 bits per heavy atom. The molecule has 3 rings (SSSR count). The van der Waals surface area contributed by atoms with Crippen molar-refractivity contribution in [2.45, 2.75) is 38.6 Å². The third kappa shape index (κ3) is 3.21. The number of methoxy groups -OCH3 is 1. The normalized spacial score (nSPS) is 27.5. The Kier molecular flexibility index (Phi) is 4.55. The number of nitrogens with one attached hydrogen (secondary N) is 1. The number of ether oxygens (including phenoxy) is 2. The third-order valence-corrected chi connectivity index (χ3v) is 5.25. The predicted molar refractivity (Wildman–Crippen MR) is 85.0 cm³/mol. The van der Waals surface area contributed by atoms with Gasteiger partial charge >= 0.3 is 0 Å². The van der Waals surface area contributed by atoms with Crippen LogP contribution in [0.2, 0.25) is 0 Å². The number of rotatable bonds is 6. The molecule has 1 aromatic carbocycles. The molecule has 0 saturated heterocycles. The van der Waals surface area contributed by atoms with E-state index in [0.717, 1.165) is 11.8 Å². The van der Waals surface area contributed by atoms with Gasteiger partial charge in [-0.3, -0.25) is 4.79 Å². The van der Waals surface area contributed by atoms with Gasteiger partial charge < -0.3 is 14.8 Å². The summed E-state index contributed by atoms with van der Waals surface area (Å²) in [5.41, 5.74) is 0. The molecule has 2 aliphatic rings. The van der Waals surface area contributed by atoms with Gasteiger partial charge in [0.05, 0.1) is 7.11 Å². The average Bonchev–Trinajstić information content (AvgIpc) is 3.16. The molecule has 0 heterocycles. The number of benzene rings is 1. The Bertz CT molecular complexity index is 531. The standard InChI is InChI=1S/C18H25NO3/c1-12(15-10-13-7-8-14(15)9-13)19-18(20)11-22-17-6-4-3-5-16(17)21-2/h3-6,12-15H,7-11H2,1-2H3,(H,19,20)/t12-,13+,14+,15+/m1/s1. The number of carbonyl (C=O) groups excluding carboxylic acids is 1. The highest BCUT2D eigenvalue weighted by atomic mass is 16.5. The highest BCUT2D eigenvalue weighted by Crippen LogP contribution is 2.49. The lowest BCUT2D eigenvalue weighted by atomic mass is 9.84. The monoisotopic (exact) mass is 303 g/mol. The van der Waals surface area contributed by atoms with Crippen LogP contribution in [0.4, 0.5) is 0 Å². The minimum Gasteiger partial charge on any atom is -0.493 e. The Morgan fingerprint density at radius 1 is 1.27 bits per heavy atom. The molecule has 2 bridgehead atoms. The van der Waals surface area contributed by atoms with Crippen molar-refractivity contribution in [1.29, 1.82) is 0 Å². The maximum Gasteiger partial charge on any atom is 0.258 e. The minimum absolute atomic E-state index is 0.0333. The Hall–Kier alpha value is -1.71. The van der Waals surface area contributed by atoms with Crippen LogP contribution in [0, 0.1) is 17.8 Å². The Balaban J connectivity index is 1.48. The molecule has 2 aliphatic carbocycles. The molecule has 22 heavy (non-hydrogen) atoms. The molecule has 0 radical (unpaired) electrons. The first-order valence-corrected chi connectivity index (χ1v) is 8.22. The summed E-state index contributed by atoms with van der Waals surface area (Å²) in [5.74, 6) is 3.56. The molecule has 4 atom stereocenters. The van der Waals surface area contributed by atoms with Crippen molar-refractivity contribution in [3.05, 3.63) is 24.3 Å². The molecular formula is C18H25NO3. The molecule has 2 fully saturated rings. The number of hydrogen-bond acceptors (Lipinski definition) is 3. The Morgan fingerprint density at radius 3 is 2.68 bits per heavy atom. The smallest absolute Gasteiger partial charge is 0.258 e. The first-order valence-electron chi connectivity index (χ1n) is 8.22. The van der Waals surface area contributed by atoms with Gasteiger partial charge in [-0.2, -0.15) is 0 Å². The topological polar surface area (TPSA) is 47.6 Å². The highest BCUT2D eigenvalue weighted by molar-refractivity contribution is 5.77. The fourth-order valence-corrected chi connectivity index (χ4v) is 4.19. The summed E-state index contributed by atoms with van der Waals surface area (Å²) in [7, 11) is 1.60. The summed E-state index contributed by atoms with van der Waals surface area (Å²) >= 11 is 0. The average molecular weight is 303 g/mol. The molecule has 4 heteroatoms. The number of hydrogen-bond donors (Lipinski definition) is 1. The second kappa shape index (κ2) is 6.59. The van der Waals surface area contributed by atoms with Crippen LogP contribution in [0.1, 0.15) is 32.6 Å². The molecule has 1 amide bonds. The van der Waals surface area contributed by atoms with Crippen LogP contribution in [0.3, 0.4) is 0 Å². The van der Waals surface area contributed by atoms with E-state index in [0.29, 0.717) is 17.4 Å². The summed E-state index contributed by atoms with van der Waals surface area (Å²) in [6.45, 7) is 2.16. The summed E-state index contributed by atoms with van der Waals surface area (Å²) in [5, 5.41) is 3.11. The molecule has 2 saturated carbocycles. The van der Waals surface area contributed by atoms with E-state index in [-0.39, 0.29) is 18.6 Å². The van der Waals surface area contributed by atoms with Gasteiger partial charge in [0, 0.05) is 6.04 Å². The molecule has 1 N–H and O–H groups in total. The van der Waals surface area contributed by atoms with Gasteiger partial charge in [-0.25, -0.2) is 0 Å². The lowest BCUT2D eigenvalue weighted by Gasteiger charge is -2.28. The van der Waals surface area contributed by atoms with Gasteiger partial charge in [-0.1, -0.05) is 18.6 Å². The van der Waals surface area contributed by atoms with Gasteiger partial charge in [-0.15, -0.1) is 0 Å². The van der Waals surface area contributed by atoms with Crippen LogP contribution < -0.4 is 14.8 Å². The van der Waals surface area contributed by atoms with Crippen LogP contribution in [-0.2, 0) is 4.79 Å². The minimum atomic E-state index is -0.0545. The summed E-state index contributed by atoms with van der Waals surface area (Å²) in [6.07, 6.45) is 5.37. The molecule has 0 spiro atoms. The van der Waals surface area contributed by atoms with Crippen molar-refractivity contribution in [3.8, 4) is 11.5 Å². The van der Waals surface area contributed by atoms with E-state index in [4.69, 9.17) is 9.47 Å². The van der Waals surface area contributed by atoms with Crippen LogP contribution in [0.5, 0.6) is 11.5 Å². The van der Waals surface area contributed by atoms with Gasteiger partial charge in [0.2, 0.25) is 0 Å². The zero-order valence-electron chi connectivity index (χ0n) is 13.4. The largest absolute Gasteiger partial charge is 0.493 e. The van der Waals surface area contributed by atoms with Crippen LogP contribution in [-0.4, -0.2) is 25.7 Å². The molecule has 4 nitrogen and oxygen atoms in total. The lowest BCUT2D eigenvalue weighted by Crippen LogP contribution is -2.42. The van der Waals surface area contributed by atoms with E-state index in [1.54, 1.807) is 7.11 Å². The van der Waals surface area contributed by atoms with Gasteiger partial charge in [0.25, 0.3) is 5.91 Å². The second-order valence-corrected chi connectivity index (χ2v) is 6.63. The van der Waals surface area contributed by atoms with Gasteiger partial charge in [0.15, 0.2) is 18.1 Å². The van der Waals surface area contributed by atoms with Crippen molar-refractivity contribution in [1.82, 2.24) is 5.32 Å². The van der Waals surface area contributed by atoms with Crippen LogP contribution in [0.25, 0.3) is 0 Å². The second-order valence-electron chi connectivity index (χ2n) is 6.63. The molecule has 0 unspecified atom stereocenters. The number of para-hydroxylation sites is 2. The van der Waals surface area contributed by atoms with E-state index < -0.39 is 0 Å². The summed E-state index contributed by atoms with van der Waals surface area (Å²) in [4.78, 5) is 12.1. The zero-order valence-corrected chi connectivity index (χ0v) is 13.4. The maximum absolute atomic E-state index is 12.1. The van der Waals surface area contributed by atoms with Crippen molar-refractivity contribution in [2.24, 2.45) is 17.8 Å². The van der Waals surface area contributed by atoms with Gasteiger partial charge in [0.1, 0.15) is 0 Å². The summed E-state index contributed by atoms with van der Waals surface area (Å²) < 4.78 is 10.8. The first kappa shape index (κ1) is 15.2. The molecule has 120 valence electrons.